The zero-order valence-electron chi connectivity index (χ0n) is 13.9. The van der Waals surface area contributed by atoms with Crippen molar-refractivity contribution < 1.29 is 13.7 Å². The number of aromatic nitrogens is 2. The summed E-state index contributed by atoms with van der Waals surface area (Å²) in [6, 6.07) is 6.38. The SMILES string of the molecule is CSCc1nc(CNC(=O)C2C(c3ccc(F)cc3)C2(C)C)no1. The van der Waals surface area contributed by atoms with Crippen LogP contribution in [0.15, 0.2) is 28.8 Å². The average molecular weight is 349 g/mol. The first-order valence-corrected chi connectivity index (χ1v) is 9.16. The van der Waals surface area contributed by atoms with Crippen LogP contribution in [0, 0.1) is 17.2 Å². The number of thioether (sulfide) groups is 1. The van der Waals surface area contributed by atoms with E-state index in [1.54, 1.807) is 23.9 Å². The molecule has 1 heterocycles. The number of nitrogens with zero attached hydrogens (tertiary/aromatic N) is 2. The van der Waals surface area contributed by atoms with E-state index in [0.29, 0.717) is 17.5 Å². The average Bonchev–Trinajstić information content (AvgIpc) is 2.90. The van der Waals surface area contributed by atoms with Crippen LogP contribution in [0.4, 0.5) is 4.39 Å². The van der Waals surface area contributed by atoms with Crippen molar-refractivity contribution in [2.45, 2.75) is 32.1 Å². The molecule has 2 aromatic rings. The summed E-state index contributed by atoms with van der Waals surface area (Å²) in [5.74, 6) is 1.34. The fourth-order valence-corrected chi connectivity index (χ4v) is 3.60. The first-order chi connectivity index (χ1) is 11.4. The van der Waals surface area contributed by atoms with Gasteiger partial charge in [0.15, 0.2) is 5.82 Å². The Kier molecular flexibility index (Phi) is 4.62. The lowest BCUT2D eigenvalue weighted by Crippen LogP contribution is -2.26. The number of nitrogens with one attached hydrogen (secondary N) is 1. The van der Waals surface area contributed by atoms with Crippen molar-refractivity contribution in [3.05, 3.63) is 47.4 Å². The largest absolute Gasteiger partial charge is 0.348 e. The minimum atomic E-state index is -0.267. The van der Waals surface area contributed by atoms with Gasteiger partial charge in [-0.25, -0.2) is 4.39 Å². The fraction of sp³-hybridized carbons (Fsp3) is 0.471. The van der Waals surface area contributed by atoms with Crippen molar-refractivity contribution in [3.8, 4) is 0 Å². The zero-order chi connectivity index (χ0) is 17.3. The van der Waals surface area contributed by atoms with Gasteiger partial charge >= 0.3 is 0 Å². The zero-order valence-corrected chi connectivity index (χ0v) is 14.7. The highest BCUT2D eigenvalue weighted by molar-refractivity contribution is 7.97. The van der Waals surface area contributed by atoms with E-state index in [1.807, 2.05) is 6.26 Å². The molecule has 2 atom stereocenters. The maximum Gasteiger partial charge on any atom is 0.236 e. The van der Waals surface area contributed by atoms with Crippen LogP contribution in [-0.4, -0.2) is 22.3 Å². The minimum Gasteiger partial charge on any atom is -0.348 e. The summed E-state index contributed by atoms with van der Waals surface area (Å²) < 4.78 is 18.2. The van der Waals surface area contributed by atoms with Crippen LogP contribution in [0.2, 0.25) is 0 Å². The molecule has 5 nitrogen and oxygen atoms in total. The van der Waals surface area contributed by atoms with E-state index >= 15 is 0 Å². The van der Waals surface area contributed by atoms with Crippen molar-refractivity contribution >= 4 is 17.7 Å². The third-order valence-electron chi connectivity index (χ3n) is 4.54. The molecule has 1 fully saturated rings. The maximum atomic E-state index is 13.1. The Labute approximate surface area is 144 Å². The van der Waals surface area contributed by atoms with Crippen molar-refractivity contribution in [1.29, 1.82) is 0 Å². The highest BCUT2D eigenvalue weighted by Crippen LogP contribution is 2.64. The van der Waals surface area contributed by atoms with E-state index in [2.05, 4.69) is 29.3 Å². The summed E-state index contributed by atoms with van der Waals surface area (Å²) in [4.78, 5) is 16.7. The summed E-state index contributed by atoms with van der Waals surface area (Å²) in [5.41, 5.74) is 0.840. The van der Waals surface area contributed by atoms with E-state index in [4.69, 9.17) is 4.52 Å². The first kappa shape index (κ1) is 17.0. The molecule has 0 bridgehead atoms. The molecule has 7 heteroatoms. The van der Waals surface area contributed by atoms with Crippen molar-refractivity contribution in [3.63, 3.8) is 0 Å². The lowest BCUT2D eigenvalue weighted by Gasteiger charge is -2.03. The quantitative estimate of drug-likeness (QED) is 0.868. The molecule has 1 amide bonds. The molecule has 0 aliphatic heterocycles. The van der Waals surface area contributed by atoms with Gasteiger partial charge in [0.2, 0.25) is 11.8 Å². The number of rotatable bonds is 6. The van der Waals surface area contributed by atoms with Gasteiger partial charge in [-0.15, -0.1) is 0 Å². The van der Waals surface area contributed by atoms with E-state index in [9.17, 15) is 9.18 Å². The smallest absolute Gasteiger partial charge is 0.236 e. The van der Waals surface area contributed by atoms with Crippen molar-refractivity contribution in [2.75, 3.05) is 6.26 Å². The Morgan fingerprint density at radius 1 is 1.38 bits per heavy atom. The molecule has 0 spiro atoms. The predicted molar refractivity (Wildman–Crippen MR) is 89.8 cm³/mol. The Bertz CT molecular complexity index is 730. The molecule has 0 radical (unpaired) electrons. The van der Waals surface area contributed by atoms with Crippen LogP contribution in [0.1, 0.15) is 37.0 Å². The van der Waals surface area contributed by atoms with Crippen LogP contribution >= 0.6 is 11.8 Å². The fourth-order valence-electron chi connectivity index (χ4n) is 3.24. The predicted octanol–water partition coefficient (Wildman–Crippen LogP) is 3.13. The molecule has 24 heavy (non-hydrogen) atoms. The van der Waals surface area contributed by atoms with Gasteiger partial charge in [0.1, 0.15) is 5.82 Å². The highest BCUT2D eigenvalue weighted by atomic mass is 32.2. The molecular weight excluding hydrogens is 329 g/mol. The topological polar surface area (TPSA) is 68.0 Å². The lowest BCUT2D eigenvalue weighted by atomic mass is 10.0. The van der Waals surface area contributed by atoms with Crippen LogP contribution in [0.3, 0.4) is 0 Å². The summed E-state index contributed by atoms with van der Waals surface area (Å²) >= 11 is 1.60. The van der Waals surface area contributed by atoms with Crippen LogP contribution in [0.25, 0.3) is 0 Å². The molecule has 0 saturated heterocycles. The van der Waals surface area contributed by atoms with Gasteiger partial charge in [-0.2, -0.15) is 16.7 Å². The third-order valence-corrected chi connectivity index (χ3v) is 5.07. The van der Waals surface area contributed by atoms with Gasteiger partial charge < -0.3 is 9.84 Å². The number of amides is 1. The third kappa shape index (κ3) is 3.31. The van der Waals surface area contributed by atoms with Gasteiger partial charge in [0.25, 0.3) is 0 Å². The Balaban J connectivity index is 1.61. The molecule has 1 aromatic heterocycles. The summed E-state index contributed by atoms with van der Waals surface area (Å²) in [7, 11) is 0. The molecular formula is C17H20FN3O2S. The lowest BCUT2D eigenvalue weighted by molar-refractivity contribution is -0.123. The number of carbonyl (C=O) groups is 1. The second-order valence-corrected chi connectivity index (χ2v) is 7.45. The Hall–Kier alpha value is -1.89. The number of benzene rings is 1. The number of halogens is 1. The Morgan fingerprint density at radius 3 is 2.75 bits per heavy atom. The molecule has 2 unspecified atom stereocenters. The first-order valence-electron chi connectivity index (χ1n) is 7.77. The van der Waals surface area contributed by atoms with Crippen molar-refractivity contribution in [2.24, 2.45) is 11.3 Å². The number of hydrogen-bond acceptors (Lipinski definition) is 5. The maximum absolute atomic E-state index is 13.1. The van der Waals surface area contributed by atoms with E-state index < -0.39 is 0 Å². The van der Waals surface area contributed by atoms with Gasteiger partial charge in [-0.3, -0.25) is 4.79 Å². The van der Waals surface area contributed by atoms with E-state index in [1.165, 1.54) is 12.1 Å². The second-order valence-electron chi connectivity index (χ2n) is 6.58. The standard InChI is InChI=1S/C17H20FN3O2S/c1-17(2)14(10-4-6-11(18)7-5-10)15(17)16(22)19-8-12-20-13(9-24-3)23-21-12/h4-7,14-15H,8-9H2,1-3H3,(H,19,22). The summed E-state index contributed by atoms with van der Waals surface area (Å²) in [5, 5.41) is 6.73. The Morgan fingerprint density at radius 2 is 2.08 bits per heavy atom. The van der Waals surface area contributed by atoms with Gasteiger partial charge in [-0.05, 0) is 29.4 Å². The van der Waals surface area contributed by atoms with Gasteiger partial charge in [-0.1, -0.05) is 31.1 Å². The molecule has 1 aromatic carbocycles. The van der Waals surface area contributed by atoms with E-state index in [0.717, 1.165) is 5.56 Å². The van der Waals surface area contributed by atoms with Crippen LogP contribution in [0.5, 0.6) is 0 Å². The second kappa shape index (κ2) is 6.55. The molecule has 1 N–H and O–H groups in total. The summed E-state index contributed by atoms with van der Waals surface area (Å²) in [6.45, 7) is 4.35. The van der Waals surface area contributed by atoms with E-state index in [-0.39, 0.29) is 35.5 Å². The minimum absolute atomic E-state index is 0.0365. The monoisotopic (exact) mass is 349 g/mol. The molecule has 1 aliphatic rings. The molecule has 128 valence electrons. The normalized spacial score (nSPS) is 21.5. The number of carbonyl (C=O) groups excluding carboxylic acids is 1. The van der Waals surface area contributed by atoms with Gasteiger partial charge in [0, 0.05) is 5.92 Å². The van der Waals surface area contributed by atoms with Crippen molar-refractivity contribution in [1.82, 2.24) is 15.5 Å². The molecule has 1 saturated carbocycles. The van der Waals surface area contributed by atoms with Gasteiger partial charge in [0.05, 0.1) is 18.2 Å². The van der Waals surface area contributed by atoms with Crippen LogP contribution in [-0.2, 0) is 17.1 Å². The van der Waals surface area contributed by atoms with Crippen LogP contribution < -0.4 is 5.32 Å². The molecule has 1 aliphatic carbocycles. The number of hydrogen-bond donors (Lipinski definition) is 1. The summed E-state index contributed by atoms with van der Waals surface area (Å²) in [6.07, 6.45) is 1.95. The highest BCUT2D eigenvalue weighted by Gasteiger charge is 2.62. The molecule has 3 rings (SSSR count).